The summed E-state index contributed by atoms with van der Waals surface area (Å²) >= 11 is 0. The predicted octanol–water partition coefficient (Wildman–Crippen LogP) is 3.27. The monoisotopic (exact) mass is 564 g/mol. The zero-order valence-corrected chi connectivity index (χ0v) is 24.5. The van der Waals surface area contributed by atoms with E-state index in [0.717, 1.165) is 16.7 Å². The number of hydrogen-bond acceptors (Lipinski definition) is 7. The van der Waals surface area contributed by atoms with E-state index in [0.29, 0.717) is 25.1 Å². The lowest BCUT2D eigenvalue weighted by Gasteiger charge is -2.35. The quantitative estimate of drug-likeness (QED) is 0.359. The molecule has 0 unspecified atom stereocenters. The molecule has 10 heteroatoms. The van der Waals surface area contributed by atoms with Gasteiger partial charge >= 0.3 is 5.97 Å². The number of fused-ring (bicyclic) bond motifs is 12. The van der Waals surface area contributed by atoms with Crippen molar-refractivity contribution in [2.45, 2.75) is 84.2 Å². The lowest BCUT2D eigenvalue weighted by atomic mass is 10.00. The Morgan fingerprint density at radius 2 is 1.66 bits per heavy atom. The van der Waals surface area contributed by atoms with Crippen LogP contribution >= 0.6 is 0 Å². The zero-order valence-electron chi connectivity index (χ0n) is 24.5. The molecule has 0 aromatic heterocycles. The number of hydrazine groups is 1. The maximum absolute atomic E-state index is 13.3. The van der Waals surface area contributed by atoms with Gasteiger partial charge in [0.25, 0.3) is 11.8 Å². The molecule has 4 atom stereocenters. The molecule has 3 amide bonds. The molecule has 1 fully saturated rings. The van der Waals surface area contributed by atoms with Crippen molar-refractivity contribution in [3.63, 3.8) is 0 Å². The van der Waals surface area contributed by atoms with Gasteiger partial charge < -0.3 is 20.1 Å². The van der Waals surface area contributed by atoms with Crippen molar-refractivity contribution >= 4 is 23.7 Å². The Labute approximate surface area is 241 Å². The number of carbonyl (C=O) groups excluding carboxylic acids is 4. The number of hydrogen-bond donors (Lipinski definition) is 3. The van der Waals surface area contributed by atoms with Crippen molar-refractivity contribution in [1.29, 1.82) is 0 Å². The number of rotatable bonds is 1. The van der Waals surface area contributed by atoms with Crippen LogP contribution in [-0.4, -0.2) is 59.0 Å². The Balaban J connectivity index is 1.66. The van der Waals surface area contributed by atoms with Gasteiger partial charge in [-0.15, -0.1) is 0 Å². The van der Waals surface area contributed by atoms with Gasteiger partial charge in [-0.25, -0.2) is 5.43 Å². The first kappa shape index (κ1) is 30.0. The molecular formula is C31H40N4O6. The molecule has 41 heavy (non-hydrogen) atoms. The first-order valence-corrected chi connectivity index (χ1v) is 14.1. The first-order chi connectivity index (χ1) is 19.4. The Morgan fingerprint density at radius 3 is 2.34 bits per heavy atom. The van der Waals surface area contributed by atoms with E-state index >= 15 is 0 Å². The van der Waals surface area contributed by atoms with Gasteiger partial charge in [-0.2, -0.15) is 0 Å². The van der Waals surface area contributed by atoms with Gasteiger partial charge in [0.2, 0.25) is 5.91 Å². The van der Waals surface area contributed by atoms with E-state index in [1.165, 1.54) is 5.01 Å². The topological polar surface area (TPSA) is 126 Å². The summed E-state index contributed by atoms with van der Waals surface area (Å²) in [6.45, 7) is 10.7. The highest BCUT2D eigenvalue weighted by atomic mass is 16.5. The Hall–Kier alpha value is -3.92. The van der Waals surface area contributed by atoms with Gasteiger partial charge in [0.1, 0.15) is 30.0 Å². The van der Waals surface area contributed by atoms with E-state index in [1.54, 1.807) is 32.9 Å². The van der Waals surface area contributed by atoms with Crippen LogP contribution in [-0.2, 0) is 23.9 Å². The molecule has 1 saturated heterocycles. The molecule has 3 aliphatic heterocycles. The van der Waals surface area contributed by atoms with Crippen LogP contribution in [0, 0.1) is 5.92 Å². The van der Waals surface area contributed by atoms with Crippen molar-refractivity contribution in [3.8, 4) is 16.9 Å². The van der Waals surface area contributed by atoms with Gasteiger partial charge in [0.05, 0.1) is 0 Å². The normalized spacial score (nSPS) is 25.8. The average Bonchev–Trinajstić information content (AvgIpc) is 2.94. The number of amides is 3. The smallest absolute Gasteiger partial charge is 0.325 e. The number of carbonyl (C=O) groups is 4. The summed E-state index contributed by atoms with van der Waals surface area (Å²) in [6.07, 6.45) is 0.599. The van der Waals surface area contributed by atoms with Gasteiger partial charge in [-0.1, -0.05) is 44.2 Å². The van der Waals surface area contributed by atoms with Crippen LogP contribution in [0.4, 0.5) is 0 Å². The average molecular weight is 565 g/mol. The van der Waals surface area contributed by atoms with Gasteiger partial charge in [0.15, 0.2) is 5.60 Å². The molecule has 6 bridgehead atoms. The van der Waals surface area contributed by atoms with Crippen LogP contribution in [0.2, 0.25) is 0 Å². The highest BCUT2D eigenvalue weighted by Crippen LogP contribution is 2.28. The number of ether oxygens (including phenoxy) is 2. The summed E-state index contributed by atoms with van der Waals surface area (Å²) in [5, 5.41) is 6.89. The lowest BCUT2D eigenvalue weighted by Crippen LogP contribution is -2.61. The maximum Gasteiger partial charge on any atom is 0.325 e. The summed E-state index contributed by atoms with van der Waals surface area (Å²) in [5.41, 5.74) is 4.40. The van der Waals surface area contributed by atoms with E-state index in [-0.39, 0.29) is 11.8 Å². The molecular weight excluding hydrogens is 524 g/mol. The fourth-order valence-corrected chi connectivity index (χ4v) is 4.92. The van der Waals surface area contributed by atoms with Crippen molar-refractivity contribution in [3.05, 3.63) is 54.1 Å². The second-order valence-corrected chi connectivity index (χ2v) is 11.6. The van der Waals surface area contributed by atoms with E-state index in [9.17, 15) is 19.2 Å². The predicted molar refractivity (Wildman–Crippen MR) is 153 cm³/mol. The molecule has 10 nitrogen and oxygen atoms in total. The van der Waals surface area contributed by atoms with Gasteiger partial charge in [-0.3, -0.25) is 24.2 Å². The van der Waals surface area contributed by atoms with E-state index in [1.807, 2.05) is 57.2 Å². The van der Waals surface area contributed by atoms with Crippen LogP contribution in [0.3, 0.4) is 0 Å². The molecule has 0 spiro atoms. The summed E-state index contributed by atoms with van der Waals surface area (Å²) < 4.78 is 11.8. The van der Waals surface area contributed by atoms with E-state index < -0.39 is 47.6 Å². The minimum Gasteiger partial charge on any atom is -0.478 e. The summed E-state index contributed by atoms with van der Waals surface area (Å²) in [6, 6.07) is 12.6. The number of nitrogens with zero attached hydrogens (tertiary/aromatic N) is 1. The fourth-order valence-electron chi connectivity index (χ4n) is 4.92. The molecule has 3 N–H and O–H groups in total. The van der Waals surface area contributed by atoms with Crippen molar-refractivity contribution in [1.82, 2.24) is 21.1 Å². The molecule has 3 aliphatic rings. The molecule has 0 saturated carbocycles. The third kappa shape index (κ3) is 7.05. The Kier molecular flexibility index (Phi) is 9.01. The van der Waals surface area contributed by atoms with Crippen LogP contribution in [0.5, 0.6) is 5.75 Å². The molecule has 0 radical (unpaired) electrons. The van der Waals surface area contributed by atoms with Crippen LogP contribution in [0.15, 0.2) is 48.5 Å². The van der Waals surface area contributed by atoms with Crippen LogP contribution in [0.25, 0.3) is 11.1 Å². The highest BCUT2D eigenvalue weighted by molar-refractivity contribution is 5.94. The second-order valence-electron chi connectivity index (χ2n) is 11.6. The largest absolute Gasteiger partial charge is 0.478 e. The SMILES string of the molecule is CC(C)[C@@H]1NC(=O)C(C)(C)Oc2ccc(cc2)-c2cccc(c2)[C@@H](C)OC(=O)[C@@H]2CCCN(N2)C(=O)[C@H](C)NC1=O. The number of nitrogens with one attached hydrogen (secondary N) is 3. The molecule has 220 valence electrons. The van der Waals surface area contributed by atoms with Gasteiger partial charge in [-0.05, 0) is 81.3 Å². The molecule has 0 aliphatic carbocycles. The molecule has 3 heterocycles. The third-order valence-corrected chi connectivity index (χ3v) is 7.46. The molecule has 5 rings (SSSR count). The van der Waals surface area contributed by atoms with E-state index in [2.05, 4.69) is 16.1 Å². The summed E-state index contributed by atoms with van der Waals surface area (Å²) in [4.78, 5) is 52.8. The van der Waals surface area contributed by atoms with Crippen LogP contribution < -0.4 is 20.8 Å². The lowest BCUT2D eigenvalue weighted by molar-refractivity contribution is -0.157. The summed E-state index contributed by atoms with van der Waals surface area (Å²) in [7, 11) is 0. The number of benzene rings is 2. The zero-order chi connectivity index (χ0) is 29.9. The maximum atomic E-state index is 13.3. The van der Waals surface area contributed by atoms with Crippen molar-refractivity contribution < 1.29 is 28.7 Å². The minimum absolute atomic E-state index is 0.258. The summed E-state index contributed by atoms with van der Waals surface area (Å²) in [5.74, 6) is -1.55. The fraction of sp³-hybridized carbons (Fsp3) is 0.484. The van der Waals surface area contributed by atoms with Crippen molar-refractivity contribution in [2.75, 3.05) is 6.54 Å². The standard InChI is InChI=1S/C31H40N4O6/c1-18(2)26-27(36)32-19(3)28(37)35-16-8-11-25(34-35)29(38)40-20(4)22-9-7-10-23(17-22)21-12-14-24(15-13-21)41-31(5,6)30(39)33-26/h7,9-10,12-15,17-20,25-26,34H,8,11,16H2,1-6H3,(H,32,36)(H,33,39)/t19-,20+,25-,26-/m0/s1. The first-order valence-electron chi connectivity index (χ1n) is 14.1. The third-order valence-electron chi connectivity index (χ3n) is 7.46. The van der Waals surface area contributed by atoms with Crippen molar-refractivity contribution in [2.24, 2.45) is 5.92 Å². The van der Waals surface area contributed by atoms with E-state index in [4.69, 9.17) is 9.47 Å². The second kappa shape index (κ2) is 12.3. The molecule has 2 aromatic rings. The van der Waals surface area contributed by atoms with Crippen LogP contribution in [0.1, 0.15) is 66.1 Å². The van der Waals surface area contributed by atoms with Gasteiger partial charge in [0, 0.05) is 6.54 Å². The Bertz CT molecular complexity index is 1290. The molecule has 2 aromatic carbocycles. The Morgan fingerprint density at radius 1 is 0.951 bits per heavy atom. The minimum atomic E-state index is -1.28. The highest BCUT2D eigenvalue weighted by Gasteiger charge is 2.37. The number of esters is 1.